The van der Waals surface area contributed by atoms with Crippen LogP contribution in [0.15, 0.2) is 34.9 Å². The van der Waals surface area contributed by atoms with E-state index in [1.165, 1.54) is 0 Å². The van der Waals surface area contributed by atoms with Gasteiger partial charge in [0.2, 0.25) is 5.91 Å². The molecule has 0 spiro atoms. The van der Waals surface area contributed by atoms with Gasteiger partial charge in [0, 0.05) is 37.8 Å². The average molecular weight is 353 g/mol. The van der Waals surface area contributed by atoms with Crippen LogP contribution in [0.25, 0.3) is 0 Å². The van der Waals surface area contributed by atoms with Gasteiger partial charge in [-0.2, -0.15) is 5.26 Å². The molecule has 1 fully saturated rings. The zero-order valence-corrected chi connectivity index (χ0v) is 14.4. The highest BCUT2D eigenvalue weighted by Crippen LogP contribution is 2.11. The number of benzene rings is 1. The van der Waals surface area contributed by atoms with E-state index < -0.39 is 0 Å². The van der Waals surface area contributed by atoms with Crippen molar-refractivity contribution >= 4 is 17.6 Å². The molecule has 0 radical (unpaired) electrons. The molecule has 0 aliphatic carbocycles. The number of anilines is 1. The number of carbonyl (C=O) groups is 2. The largest absolute Gasteiger partial charge is 0.360 e. The van der Waals surface area contributed by atoms with Crippen LogP contribution in [-0.4, -0.2) is 59.5 Å². The van der Waals surface area contributed by atoms with Crippen LogP contribution in [0.3, 0.4) is 0 Å². The standard InChI is InChI=1S/C18H19N5O3/c1-13-10-16(21-26-13)20-17(24)12-22-6-8-23(9-7-22)18(25)15-4-2-14(11-19)3-5-15/h2-5,10H,6-9,12H2,1H3,(H,20,21,24). The van der Waals surface area contributed by atoms with E-state index in [1.54, 1.807) is 42.2 Å². The van der Waals surface area contributed by atoms with E-state index in [0.717, 1.165) is 0 Å². The Balaban J connectivity index is 1.48. The van der Waals surface area contributed by atoms with Gasteiger partial charge in [-0.1, -0.05) is 5.16 Å². The Bertz CT molecular complexity index is 829. The zero-order chi connectivity index (χ0) is 18.5. The van der Waals surface area contributed by atoms with Crippen LogP contribution in [0.2, 0.25) is 0 Å². The lowest BCUT2D eigenvalue weighted by molar-refractivity contribution is -0.117. The van der Waals surface area contributed by atoms with Gasteiger partial charge in [-0.25, -0.2) is 0 Å². The fraction of sp³-hybridized carbons (Fsp3) is 0.333. The van der Waals surface area contributed by atoms with Crippen molar-refractivity contribution in [2.24, 2.45) is 0 Å². The maximum absolute atomic E-state index is 12.5. The summed E-state index contributed by atoms with van der Waals surface area (Å²) in [4.78, 5) is 28.3. The highest BCUT2D eigenvalue weighted by atomic mass is 16.5. The Morgan fingerprint density at radius 3 is 2.50 bits per heavy atom. The van der Waals surface area contributed by atoms with Crippen LogP contribution in [0, 0.1) is 18.3 Å². The number of nitriles is 1. The Hall–Kier alpha value is -3.18. The first-order valence-electron chi connectivity index (χ1n) is 8.30. The maximum Gasteiger partial charge on any atom is 0.253 e. The highest BCUT2D eigenvalue weighted by Gasteiger charge is 2.23. The molecule has 1 saturated heterocycles. The third-order valence-corrected chi connectivity index (χ3v) is 4.18. The second-order valence-corrected chi connectivity index (χ2v) is 6.13. The summed E-state index contributed by atoms with van der Waals surface area (Å²) in [6.07, 6.45) is 0. The zero-order valence-electron chi connectivity index (χ0n) is 14.4. The SMILES string of the molecule is Cc1cc(NC(=O)CN2CCN(C(=O)c3ccc(C#N)cc3)CC2)no1. The number of aromatic nitrogens is 1. The van der Waals surface area contributed by atoms with Crippen LogP contribution in [0.1, 0.15) is 21.7 Å². The molecule has 0 saturated carbocycles. The topological polar surface area (TPSA) is 102 Å². The van der Waals surface area contributed by atoms with Crippen LogP contribution < -0.4 is 5.32 Å². The fourth-order valence-electron chi connectivity index (χ4n) is 2.79. The van der Waals surface area contributed by atoms with E-state index in [2.05, 4.69) is 10.5 Å². The second kappa shape index (κ2) is 7.80. The Labute approximate surface area is 151 Å². The second-order valence-electron chi connectivity index (χ2n) is 6.13. The minimum atomic E-state index is -0.162. The van der Waals surface area contributed by atoms with Crippen molar-refractivity contribution in [3.63, 3.8) is 0 Å². The normalized spacial score (nSPS) is 14.7. The molecule has 1 aliphatic heterocycles. The lowest BCUT2D eigenvalue weighted by atomic mass is 10.1. The van der Waals surface area contributed by atoms with E-state index in [4.69, 9.17) is 9.78 Å². The smallest absolute Gasteiger partial charge is 0.253 e. The monoisotopic (exact) mass is 353 g/mol. The van der Waals surface area contributed by atoms with Crippen molar-refractivity contribution in [2.45, 2.75) is 6.92 Å². The van der Waals surface area contributed by atoms with Crippen LogP contribution in [-0.2, 0) is 4.79 Å². The molecule has 0 bridgehead atoms. The van der Waals surface area contributed by atoms with Gasteiger partial charge in [0.05, 0.1) is 18.2 Å². The number of carbonyl (C=O) groups excluding carboxylic acids is 2. The number of amides is 2. The molecule has 3 rings (SSSR count). The Morgan fingerprint density at radius 2 is 1.92 bits per heavy atom. The first-order valence-corrected chi connectivity index (χ1v) is 8.30. The van der Waals surface area contributed by atoms with Gasteiger partial charge < -0.3 is 14.7 Å². The summed E-state index contributed by atoms with van der Waals surface area (Å²) >= 11 is 0. The summed E-state index contributed by atoms with van der Waals surface area (Å²) in [7, 11) is 0. The van der Waals surface area contributed by atoms with Gasteiger partial charge >= 0.3 is 0 Å². The summed E-state index contributed by atoms with van der Waals surface area (Å²) in [5, 5.41) is 15.2. The molecule has 2 amide bonds. The third kappa shape index (κ3) is 4.26. The first kappa shape index (κ1) is 17.6. The molecular formula is C18H19N5O3. The summed E-state index contributed by atoms with van der Waals surface area (Å²) in [5.41, 5.74) is 1.09. The summed E-state index contributed by atoms with van der Waals surface area (Å²) < 4.78 is 4.91. The van der Waals surface area contributed by atoms with Gasteiger partial charge in [0.1, 0.15) is 5.76 Å². The van der Waals surface area contributed by atoms with Crippen molar-refractivity contribution < 1.29 is 14.1 Å². The molecule has 1 aromatic carbocycles. The van der Waals surface area contributed by atoms with Gasteiger partial charge in [0.15, 0.2) is 5.82 Å². The summed E-state index contributed by atoms with van der Waals surface area (Å²) in [6.45, 7) is 4.34. The van der Waals surface area contributed by atoms with Crippen LogP contribution in [0.5, 0.6) is 0 Å². The molecule has 0 atom stereocenters. The molecular weight excluding hydrogens is 334 g/mol. The van der Waals surface area contributed by atoms with E-state index in [0.29, 0.717) is 48.9 Å². The molecule has 1 aliphatic rings. The maximum atomic E-state index is 12.5. The Morgan fingerprint density at radius 1 is 1.23 bits per heavy atom. The quantitative estimate of drug-likeness (QED) is 0.887. The molecule has 8 nitrogen and oxygen atoms in total. The molecule has 1 N–H and O–H groups in total. The minimum absolute atomic E-state index is 0.0586. The Kier molecular flexibility index (Phi) is 5.29. The number of nitrogens with zero attached hydrogens (tertiary/aromatic N) is 4. The predicted molar refractivity (Wildman–Crippen MR) is 93.4 cm³/mol. The van der Waals surface area contributed by atoms with E-state index >= 15 is 0 Å². The fourth-order valence-corrected chi connectivity index (χ4v) is 2.79. The molecule has 8 heteroatoms. The molecule has 134 valence electrons. The third-order valence-electron chi connectivity index (χ3n) is 4.18. The van der Waals surface area contributed by atoms with Crippen molar-refractivity contribution in [1.82, 2.24) is 15.0 Å². The lowest BCUT2D eigenvalue weighted by Gasteiger charge is -2.34. The van der Waals surface area contributed by atoms with Crippen molar-refractivity contribution in [3.8, 4) is 6.07 Å². The van der Waals surface area contributed by atoms with Crippen LogP contribution in [0.4, 0.5) is 5.82 Å². The van der Waals surface area contributed by atoms with Crippen molar-refractivity contribution in [3.05, 3.63) is 47.2 Å². The molecule has 0 unspecified atom stereocenters. The highest BCUT2D eigenvalue weighted by molar-refractivity contribution is 5.94. The van der Waals surface area contributed by atoms with Gasteiger partial charge in [-0.05, 0) is 31.2 Å². The summed E-state index contributed by atoms with van der Waals surface area (Å²) in [5.74, 6) is 0.819. The predicted octanol–water partition coefficient (Wildman–Crippen LogP) is 1.25. The minimum Gasteiger partial charge on any atom is -0.360 e. The van der Waals surface area contributed by atoms with Gasteiger partial charge in [0.25, 0.3) is 5.91 Å². The molecule has 2 aromatic rings. The van der Waals surface area contributed by atoms with Gasteiger partial charge in [-0.3, -0.25) is 14.5 Å². The van der Waals surface area contributed by atoms with E-state index in [-0.39, 0.29) is 18.4 Å². The number of piperazine rings is 1. The number of hydrogen-bond donors (Lipinski definition) is 1. The van der Waals surface area contributed by atoms with Crippen molar-refractivity contribution in [1.29, 1.82) is 5.26 Å². The number of aryl methyl sites for hydroxylation is 1. The number of hydrogen-bond acceptors (Lipinski definition) is 6. The molecule has 26 heavy (non-hydrogen) atoms. The average Bonchev–Trinajstić information content (AvgIpc) is 3.06. The molecule has 1 aromatic heterocycles. The van der Waals surface area contributed by atoms with Gasteiger partial charge in [-0.15, -0.1) is 0 Å². The van der Waals surface area contributed by atoms with E-state index in [9.17, 15) is 9.59 Å². The lowest BCUT2D eigenvalue weighted by Crippen LogP contribution is -2.50. The summed E-state index contributed by atoms with van der Waals surface area (Å²) in [6, 6.07) is 10.3. The number of rotatable bonds is 4. The van der Waals surface area contributed by atoms with Crippen molar-refractivity contribution in [2.75, 3.05) is 38.0 Å². The number of nitrogens with one attached hydrogen (secondary N) is 1. The first-order chi connectivity index (χ1) is 12.5. The molecule has 2 heterocycles. The van der Waals surface area contributed by atoms with E-state index in [1.807, 2.05) is 11.0 Å². The van der Waals surface area contributed by atoms with Crippen LogP contribution >= 0.6 is 0 Å².